The normalized spacial score (nSPS) is 23.1. The molecule has 4 aromatic heterocycles. The maximum absolute atomic E-state index is 14.2. The molecule has 4 aromatic rings. The van der Waals surface area contributed by atoms with Gasteiger partial charge in [-0.3, -0.25) is 4.98 Å². The van der Waals surface area contributed by atoms with Crippen molar-refractivity contribution in [1.82, 2.24) is 34.0 Å². The molecule has 2 bridgehead atoms. The molecule has 0 spiro atoms. The molecule has 10 nitrogen and oxygen atoms in total. The average molecular weight is 573 g/mol. The zero-order chi connectivity index (χ0) is 29.1. The molecule has 0 atom stereocenters. The second kappa shape index (κ2) is 9.78. The number of fused-ring (bicyclic) bond motifs is 1. The van der Waals surface area contributed by atoms with Gasteiger partial charge in [0.05, 0.1) is 30.7 Å². The summed E-state index contributed by atoms with van der Waals surface area (Å²) in [5, 5.41) is 4.69. The summed E-state index contributed by atoms with van der Waals surface area (Å²) in [6.07, 6.45) is 13.0. The Morgan fingerprint density at radius 2 is 1.90 bits per heavy atom. The van der Waals surface area contributed by atoms with Crippen molar-refractivity contribution in [1.29, 1.82) is 0 Å². The molecule has 3 aliphatic carbocycles. The Labute approximate surface area is 244 Å². The number of aromatic nitrogens is 6. The molecule has 0 aromatic carbocycles. The Balaban J connectivity index is 1.05. The van der Waals surface area contributed by atoms with Gasteiger partial charge >= 0.3 is 6.09 Å². The molecular weight excluding hydrogens is 535 g/mol. The van der Waals surface area contributed by atoms with Crippen LogP contribution in [0.15, 0.2) is 49.3 Å². The molecule has 1 aliphatic heterocycles. The van der Waals surface area contributed by atoms with E-state index in [9.17, 15) is 9.18 Å². The molecule has 3 saturated carbocycles. The number of halogens is 1. The largest absolute Gasteiger partial charge is 0.444 e. The van der Waals surface area contributed by atoms with Gasteiger partial charge in [0.1, 0.15) is 23.2 Å². The quantitative estimate of drug-likeness (QED) is 0.284. The summed E-state index contributed by atoms with van der Waals surface area (Å²) in [5.41, 5.74) is 2.88. The number of carbonyl (C=O) groups is 1. The number of amides is 1. The van der Waals surface area contributed by atoms with Crippen LogP contribution in [0.3, 0.4) is 0 Å². The molecule has 8 rings (SSSR count). The zero-order valence-corrected chi connectivity index (χ0v) is 24.5. The third-order valence-corrected chi connectivity index (χ3v) is 8.50. The van der Waals surface area contributed by atoms with Crippen LogP contribution in [0.2, 0.25) is 0 Å². The van der Waals surface area contributed by atoms with E-state index in [0.29, 0.717) is 44.7 Å². The van der Waals surface area contributed by atoms with E-state index in [1.807, 2.05) is 55.9 Å². The third kappa shape index (κ3) is 5.32. The van der Waals surface area contributed by atoms with Crippen LogP contribution in [0.25, 0.3) is 17.0 Å². The SMILES string of the molecule is CC(C)(C)OC(=O)N(Cc1ccc2nc(Cn3cnc(-c4cncc(N5CCCC5)c4)n3)cn2c1)CC12CC(F)(C1)C2. The van der Waals surface area contributed by atoms with E-state index in [1.165, 1.54) is 12.8 Å². The minimum Gasteiger partial charge on any atom is -0.444 e. The summed E-state index contributed by atoms with van der Waals surface area (Å²) in [6, 6.07) is 6.04. The summed E-state index contributed by atoms with van der Waals surface area (Å²) in [6.45, 7) is 9.06. The lowest BCUT2D eigenvalue weighted by Crippen LogP contribution is -2.68. The maximum atomic E-state index is 14.2. The summed E-state index contributed by atoms with van der Waals surface area (Å²) < 4.78 is 23.7. The lowest BCUT2D eigenvalue weighted by atomic mass is 9.42. The van der Waals surface area contributed by atoms with Crippen molar-refractivity contribution < 1.29 is 13.9 Å². The van der Waals surface area contributed by atoms with Crippen LogP contribution in [-0.4, -0.2) is 71.0 Å². The standard InChI is InChI=1S/C31H37FN8O2/c1-29(2,3)42-28(41)39(20-30-17-31(32,18-30)19-30)14-22-6-7-26-35-24(15-38(26)13-22)16-40-21-34-27(36-40)23-10-25(12-33-11-23)37-8-4-5-9-37/h6-7,10-13,15,21H,4-5,8-9,14,16-20H2,1-3H3. The van der Waals surface area contributed by atoms with Gasteiger partial charge in [-0.05, 0) is 76.0 Å². The third-order valence-electron chi connectivity index (χ3n) is 8.50. The number of anilines is 1. The number of nitrogens with zero attached hydrogens (tertiary/aromatic N) is 8. The van der Waals surface area contributed by atoms with Crippen LogP contribution in [0.5, 0.6) is 0 Å². The van der Waals surface area contributed by atoms with Crippen molar-refractivity contribution in [3.8, 4) is 11.4 Å². The number of ether oxygens (including phenoxy) is 1. The molecule has 11 heteroatoms. The maximum Gasteiger partial charge on any atom is 0.410 e. The van der Waals surface area contributed by atoms with E-state index in [-0.39, 0.29) is 11.5 Å². The van der Waals surface area contributed by atoms with Crippen molar-refractivity contribution >= 4 is 17.4 Å². The first-order valence-electron chi connectivity index (χ1n) is 14.8. The minimum atomic E-state index is -1.01. The molecule has 4 fully saturated rings. The second-order valence-electron chi connectivity index (χ2n) is 13.4. The van der Waals surface area contributed by atoms with Crippen molar-refractivity contribution in [3.05, 3.63) is 60.6 Å². The highest BCUT2D eigenvalue weighted by Gasteiger charge is 2.69. The molecule has 0 N–H and O–H groups in total. The molecular formula is C31H37FN8O2. The first-order valence-corrected chi connectivity index (χ1v) is 14.8. The summed E-state index contributed by atoms with van der Waals surface area (Å²) in [4.78, 5) is 30.9. The van der Waals surface area contributed by atoms with Gasteiger partial charge in [-0.1, -0.05) is 6.07 Å². The summed E-state index contributed by atoms with van der Waals surface area (Å²) in [7, 11) is 0. The fourth-order valence-electron chi connectivity index (χ4n) is 6.79. The fourth-order valence-corrected chi connectivity index (χ4v) is 6.79. The second-order valence-corrected chi connectivity index (χ2v) is 13.4. The van der Waals surface area contributed by atoms with Crippen LogP contribution in [0.4, 0.5) is 14.9 Å². The van der Waals surface area contributed by atoms with Gasteiger partial charge in [0.2, 0.25) is 0 Å². The summed E-state index contributed by atoms with van der Waals surface area (Å²) in [5.74, 6) is 0.638. The van der Waals surface area contributed by atoms with E-state index < -0.39 is 11.3 Å². The molecule has 4 aliphatic rings. The Morgan fingerprint density at radius 3 is 2.64 bits per heavy atom. The molecule has 0 radical (unpaired) electrons. The molecule has 1 saturated heterocycles. The monoisotopic (exact) mass is 572 g/mol. The van der Waals surface area contributed by atoms with Crippen molar-refractivity contribution in [2.24, 2.45) is 5.41 Å². The van der Waals surface area contributed by atoms with Crippen LogP contribution < -0.4 is 4.90 Å². The minimum absolute atomic E-state index is 0.111. The lowest BCUT2D eigenvalue weighted by molar-refractivity contribution is -0.220. The molecule has 42 heavy (non-hydrogen) atoms. The van der Waals surface area contributed by atoms with Gasteiger partial charge in [-0.15, -0.1) is 0 Å². The number of imidazole rings is 1. The molecule has 5 heterocycles. The molecule has 1 amide bonds. The van der Waals surface area contributed by atoms with E-state index in [4.69, 9.17) is 9.72 Å². The number of carbonyl (C=O) groups excluding carboxylic acids is 1. The highest BCUT2D eigenvalue weighted by molar-refractivity contribution is 5.68. The van der Waals surface area contributed by atoms with Gasteiger partial charge in [0.15, 0.2) is 5.82 Å². The van der Waals surface area contributed by atoms with Gasteiger partial charge in [-0.2, -0.15) is 5.10 Å². The highest BCUT2D eigenvalue weighted by atomic mass is 19.1. The van der Waals surface area contributed by atoms with Crippen molar-refractivity contribution in [2.75, 3.05) is 24.5 Å². The Bertz CT molecular complexity index is 1610. The highest BCUT2D eigenvalue weighted by Crippen LogP contribution is 2.69. The smallest absolute Gasteiger partial charge is 0.410 e. The van der Waals surface area contributed by atoms with Gasteiger partial charge in [0, 0.05) is 43.8 Å². The van der Waals surface area contributed by atoms with E-state index in [2.05, 4.69) is 26.0 Å². The van der Waals surface area contributed by atoms with E-state index >= 15 is 0 Å². The summed E-state index contributed by atoms with van der Waals surface area (Å²) >= 11 is 0. The first kappa shape index (κ1) is 26.9. The van der Waals surface area contributed by atoms with Crippen LogP contribution in [0, 0.1) is 5.41 Å². The Morgan fingerprint density at radius 1 is 1.12 bits per heavy atom. The van der Waals surface area contributed by atoms with Crippen LogP contribution >= 0.6 is 0 Å². The predicted octanol–water partition coefficient (Wildman–Crippen LogP) is 5.27. The number of hydrogen-bond acceptors (Lipinski definition) is 7. The van der Waals surface area contributed by atoms with Crippen LogP contribution in [-0.2, 0) is 17.8 Å². The topological polar surface area (TPSA) is 93.7 Å². The number of pyridine rings is 2. The van der Waals surface area contributed by atoms with Gasteiger partial charge in [0.25, 0.3) is 0 Å². The number of alkyl halides is 1. The average Bonchev–Trinajstić information content (AvgIpc) is 3.67. The van der Waals surface area contributed by atoms with E-state index in [0.717, 1.165) is 41.2 Å². The first-order chi connectivity index (χ1) is 20.0. The van der Waals surface area contributed by atoms with Crippen molar-refractivity contribution in [3.63, 3.8) is 0 Å². The van der Waals surface area contributed by atoms with E-state index in [1.54, 1.807) is 22.1 Å². The predicted molar refractivity (Wildman–Crippen MR) is 156 cm³/mol. The van der Waals surface area contributed by atoms with Gasteiger partial charge in [-0.25, -0.2) is 23.8 Å². The fraction of sp³-hybridized carbons (Fsp3) is 0.516. The lowest BCUT2D eigenvalue weighted by Gasteiger charge is -2.66. The zero-order valence-electron chi connectivity index (χ0n) is 24.5. The Hall–Kier alpha value is -4.02. The number of rotatable bonds is 8. The van der Waals surface area contributed by atoms with Gasteiger partial charge < -0.3 is 18.9 Å². The molecule has 220 valence electrons. The molecule has 0 unspecified atom stereocenters. The number of hydrogen-bond donors (Lipinski definition) is 0. The van der Waals surface area contributed by atoms with Crippen LogP contribution in [0.1, 0.15) is 64.1 Å². The van der Waals surface area contributed by atoms with Crippen molar-refractivity contribution in [2.45, 2.75) is 77.2 Å². The Kier molecular flexibility index (Phi) is 6.25.